The molecule has 0 radical (unpaired) electrons. The molecule has 2 aromatic rings. The molecule has 6 heteroatoms. The Morgan fingerprint density at radius 1 is 1.35 bits per heavy atom. The molecule has 0 unspecified atom stereocenters. The van der Waals surface area contributed by atoms with Crippen LogP contribution in [-0.2, 0) is 6.54 Å². The van der Waals surface area contributed by atoms with Gasteiger partial charge in [0.05, 0.1) is 5.02 Å². The summed E-state index contributed by atoms with van der Waals surface area (Å²) < 4.78 is 0.826. The summed E-state index contributed by atoms with van der Waals surface area (Å²) in [6.07, 6.45) is 1.66. The van der Waals surface area contributed by atoms with Crippen molar-refractivity contribution in [3.05, 3.63) is 57.2 Å². The lowest BCUT2D eigenvalue weighted by Gasteiger charge is -2.11. The van der Waals surface area contributed by atoms with Crippen molar-refractivity contribution in [2.24, 2.45) is 0 Å². The monoisotopic (exact) mass is 369 g/mol. The topological polar surface area (TPSA) is 37.0 Å². The van der Waals surface area contributed by atoms with Gasteiger partial charge in [-0.3, -0.25) is 0 Å². The van der Waals surface area contributed by atoms with E-state index in [0.29, 0.717) is 22.5 Å². The van der Waals surface area contributed by atoms with E-state index in [0.717, 1.165) is 10.0 Å². The highest BCUT2D eigenvalue weighted by molar-refractivity contribution is 9.10. The summed E-state index contributed by atoms with van der Waals surface area (Å²) in [5.41, 5.74) is 2.40. The van der Waals surface area contributed by atoms with Crippen LogP contribution in [0.25, 0.3) is 0 Å². The highest BCUT2D eigenvalue weighted by Gasteiger charge is 2.04. The molecule has 1 heterocycles. The molecule has 0 bridgehead atoms. The zero-order valence-corrected chi connectivity index (χ0v) is 13.9. The van der Waals surface area contributed by atoms with Crippen molar-refractivity contribution in [1.29, 1.82) is 0 Å². The summed E-state index contributed by atoms with van der Waals surface area (Å²) >= 11 is 14.6. The molecule has 20 heavy (non-hydrogen) atoms. The molecule has 1 aromatic carbocycles. The first-order valence-corrected chi connectivity index (χ1v) is 7.54. The summed E-state index contributed by atoms with van der Waals surface area (Å²) in [5.74, 6) is 0.538. The molecule has 0 aliphatic rings. The van der Waals surface area contributed by atoms with Gasteiger partial charge >= 0.3 is 0 Å². The second kappa shape index (κ2) is 7.02. The fourth-order valence-corrected chi connectivity index (χ4v) is 2.39. The minimum absolute atomic E-state index is 0.488. The van der Waals surface area contributed by atoms with E-state index in [2.05, 4.69) is 62.7 Å². The summed E-state index contributed by atoms with van der Waals surface area (Å²) in [6, 6.07) is 10.0. The molecule has 0 saturated carbocycles. The van der Waals surface area contributed by atoms with Crippen LogP contribution in [0.5, 0.6) is 0 Å². The first-order chi connectivity index (χ1) is 9.54. The van der Waals surface area contributed by atoms with Crippen LogP contribution in [0, 0.1) is 6.92 Å². The summed E-state index contributed by atoms with van der Waals surface area (Å²) in [7, 11) is 0. The lowest BCUT2D eigenvalue weighted by molar-refractivity contribution is 0.924. The van der Waals surface area contributed by atoms with Crippen LogP contribution in [0.1, 0.15) is 11.1 Å². The van der Waals surface area contributed by atoms with Gasteiger partial charge in [-0.2, -0.15) is 0 Å². The van der Waals surface area contributed by atoms with E-state index < -0.39 is 0 Å². The Morgan fingerprint density at radius 2 is 2.05 bits per heavy atom. The van der Waals surface area contributed by atoms with Crippen LogP contribution in [0.4, 0.5) is 5.82 Å². The van der Waals surface area contributed by atoms with Crippen molar-refractivity contribution in [3.8, 4) is 0 Å². The Hall–Kier alpha value is -1.17. The second-order valence-corrected chi connectivity index (χ2v) is 6.01. The van der Waals surface area contributed by atoms with Gasteiger partial charge in [0, 0.05) is 17.2 Å². The number of aromatic nitrogens is 1. The van der Waals surface area contributed by atoms with E-state index in [1.165, 1.54) is 5.56 Å². The first-order valence-electron chi connectivity index (χ1n) is 5.96. The molecule has 0 saturated heterocycles. The maximum absolute atomic E-state index is 6.07. The average molecular weight is 371 g/mol. The Labute approximate surface area is 136 Å². The Balaban J connectivity index is 1.90. The highest BCUT2D eigenvalue weighted by Crippen LogP contribution is 2.22. The molecular formula is C14H13BrClN3S. The number of thiocarbonyl (C=S) groups is 1. The van der Waals surface area contributed by atoms with Crippen molar-refractivity contribution in [2.75, 3.05) is 5.32 Å². The van der Waals surface area contributed by atoms with Gasteiger partial charge in [-0.15, -0.1) is 0 Å². The van der Waals surface area contributed by atoms with Crippen LogP contribution < -0.4 is 10.6 Å². The quantitative estimate of drug-likeness (QED) is 0.790. The van der Waals surface area contributed by atoms with Gasteiger partial charge in [0.15, 0.2) is 10.9 Å². The van der Waals surface area contributed by atoms with E-state index in [-0.39, 0.29) is 0 Å². The average Bonchev–Trinajstić information content (AvgIpc) is 2.41. The van der Waals surface area contributed by atoms with Crippen LogP contribution in [0.15, 0.2) is 41.0 Å². The fourth-order valence-electron chi connectivity index (χ4n) is 1.55. The molecule has 2 N–H and O–H groups in total. The third-order valence-electron chi connectivity index (χ3n) is 2.61. The third kappa shape index (κ3) is 4.44. The van der Waals surface area contributed by atoms with Crippen LogP contribution in [0.2, 0.25) is 5.02 Å². The summed E-state index contributed by atoms with van der Waals surface area (Å²) in [5, 5.41) is 7.10. The van der Waals surface area contributed by atoms with Gasteiger partial charge in [0.25, 0.3) is 0 Å². The van der Waals surface area contributed by atoms with Gasteiger partial charge in [-0.25, -0.2) is 4.98 Å². The van der Waals surface area contributed by atoms with Gasteiger partial charge < -0.3 is 10.6 Å². The predicted molar refractivity (Wildman–Crippen MR) is 91.2 cm³/mol. The molecule has 0 spiro atoms. The van der Waals surface area contributed by atoms with E-state index in [1.54, 1.807) is 12.3 Å². The molecule has 0 aliphatic heterocycles. The lowest BCUT2D eigenvalue weighted by Crippen LogP contribution is -2.28. The Bertz CT molecular complexity index is 616. The zero-order valence-electron chi connectivity index (χ0n) is 10.8. The number of rotatable bonds is 3. The fraction of sp³-hybridized carbons (Fsp3) is 0.143. The summed E-state index contributed by atoms with van der Waals surface area (Å²) in [6.45, 7) is 2.71. The van der Waals surface area contributed by atoms with Crippen LogP contribution >= 0.6 is 39.7 Å². The van der Waals surface area contributed by atoms with E-state index >= 15 is 0 Å². The predicted octanol–water partition coefficient (Wildman–Crippen LogP) is 4.29. The number of nitrogens with one attached hydrogen (secondary N) is 2. The zero-order chi connectivity index (χ0) is 14.5. The summed E-state index contributed by atoms with van der Waals surface area (Å²) in [4.78, 5) is 4.17. The second-order valence-electron chi connectivity index (χ2n) is 4.28. The normalized spacial score (nSPS) is 10.2. The molecule has 2 rings (SSSR count). The Kier molecular flexibility index (Phi) is 5.34. The molecule has 0 atom stereocenters. The first kappa shape index (κ1) is 15.2. The van der Waals surface area contributed by atoms with Crippen molar-refractivity contribution in [3.63, 3.8) is 0 Å². The molecule has 0 fully saturated rings. The number of benzene rings is 1. The van der Waals surface area contributed by atoms with Crippen molar-refractivity contribution in [2.45, 2.75) is 13.5 Å². The van der Waals surface area contributed by atoms with Gasteiger partial charge in [-0.1, -0.05) is 41.4 Å². The number of nitrogens with zero attached hydrogens (tertiary/aromatic N) is 1. The SMILES string of the molecule is Cc1ccc(CNC(=S)Nc2ncc(Br)cc2Cl)cc1. The molecule has 1 aromatic heterocycles. The molecule has 0 amide bonds. The largest absolute Gasteiger partial charge is 0.358 e. The maximum atomic E-state index is 6.07. The molecular weight excluding hydrogens is 358 g/mol. The van der Waals surface area contributed by atoms with Gasteiger partial charge in [-0.05, 0) is 46.7 Å². The van der Waals surface area contributed by atoms with E-state index in [4.69, 9.17) is 23.8 Å². The number of halogens is 2. The van der Waals surface area contributed by atoms with Gasteiger partial charge in [0.2, 0.25) is 0 Å². The highest BCUT2D eigenvalue weighted by atomic mass is 79.9. The minimum atomic E-state index is 0.488. The van der Waals surface area contributed by atoms with Gasteiger partial charge in [0.1, 0.15) is 0 Å². The molecule has 104 valence electrons. The number of hydrogen-bond acceptors (Lipinski definition) is 2. The number of anilines is 1. The van der Waals surface area contributed by atoms with Crippen LogP contribution in [-0.4, -0.2) is 10.1 Å². The van der Waals surface area contributed by atoms with Crippen LogP contribution in [0.3, 0.4) is 0 Å². The van der Waals surface area contributed by atoms with E-state index in [1.807, 2.05) is 0 Å². The number of aryl methyl sites for hydroxylation is 1. The smallest absolute Gasteiger partial charge is 0.172 e. The standard InChI is InChI=1S/C14H13BrClN3S/c1-9-2-4-10(5-3-9)7-18-14(20)19-13-12(16)6-11(15)8-17-13/h2-6,8H,7H2,1H3,(H2,17,18,19,20). The van der Waals surface area contributed by atoms with E-state index in [9.17, 15) is 0 Å². The van der Waals surface area contributed by atoms with Crippen molar-refractivity contribution >= 4 is 50.7 Å². The Morgan fingerprint density at radius 3 is 2.70 bits per heavy atom. The lowest BCUT2D eigenvalue weighted by atomic mass is 10.1. The maximum Gasteiger partial charge on any atom is 0.172 e. The van der Waals surface area contributed by atoms with Crippen molar-refractivity contribution in [1.82, 2.24) is 10.3 Å². The number of pyridine rings is 1. The molecule has 3 nitrogen and oxygen atoms in total. The number of hydrogen-bond donors (Lipinski definition) is 2. The third-order valence-corrected chi connectivity index (χ3v) is 3.58. The minimum Gasteiger partial charge on any atom is -0.358 e. The molecule has 0 aliphatic carbocycles. The van der Waals surface area contributed by atoms with Crippen molar-refractivity contribution < 1.29 is 0 Å².